The molecule has 27 heavy (non-hydrogen) atoms. The van der Waals surface area contributed by atoms with Gasteiger partial charge < -0.3 is 4.90 Å². The summed E-state index contributed by atoms with van der Waals surface area (Å²) in [6.45, 7) is 0. The highest BCUT2D eigenvalue weighted by Gasteiger charge is 2.49. The Bertz CT molecular complexity index is 991. The van der Waals surface area contributed by atoms with Crippen molar-refractivity contribution < 1.29 is 17.6 Å². The topological polar surface area (TPSA) is 66.8 Å². The molecule has 8 heteroatoms. The Morgan fingerprint density at radius 1 is 1.11 bits per heavy atom. The van der Waals surface area contributed by atoms with Crippen molar-refractivity contribution in [3.63, 3.8) is 0 Å². The quantitative estimate of drug-likeness (QED) is 0.787. The molecule has 5 nitrogen and oxygen atoms in total. The number of para-hydroxylation sites is 1. The largest absolute Gasteiger partial charge is 0.316 e. The number of nitrogens with zero attached hydrogens (tertiary/aromatic N) is 2. The molecule has 0 bridgehead atoms. The van der Waals surface area contributed by atoms with E-state index in [2.05, 4.69) is 4.99 Å². The van der Waals surface area contributed by atoms with Crippen LogP contribution in [0.1, 0.15) is 5.56 Å². The second-order valence-corrected chi connectivity index (χ2v) is 9.96. The summed E-state index contributed by atoms with van der Waals surface area (Å²) in [7, 11) is -3.09. The molecule has 0 N–H and O–H groups in total. The monoisotopic (exact) mass is 404 g/mol. The van der Waals surface area contributed by atoms with E-state index in [4.69, 9.17) is 0 Å². The fraction of sp³-hybridized carbons (Fsp3) is 0.263. The molecule has 0 aliphatic carbocycles. The second-order valence-electron chi connectivity index (χ2n) is 6.60. The molecule has 4 rings (SSSR count). The van der Waals surface area contributed by atoms with Crippen LogP contribution >= 0.6 is 11.8 Å². The van der Waals surface area contributed by atoms with Crippen LogP contribution in [-0.2, 0) is 21.1 Å². The van der Waals surface area contributed by atoms with Crippen molar-refractivity contribution >= 4 is 38.4 Å². The molecule has 2 fully saturated rings. The third-order valence-electron chi connectivity index (χ3n) is 4.59. The van der Waals surface area contributed by atoms with Gasteiger partial charge in [0.05, 0.1) is 24.0 Å². The maximum Gasteiger partial charge on any atom is 0.252 e. The molecular formula is C19H17FN2O3S2. The molecule has 0 saturated carbocycles. The van der Waals surface area contributed by atoms with Gasteiger partial charge in [0.15, 0.2) is 15.0 Å². The van der Waals surface area contributed by atoms with Crippen LogP contribution in [0.3, 0.4) is 0 Å². The summed E-state index contributed by atoms with van der Waals surface area (Å²) < 4.78 is 37.1. The number of carbonyl (C=O) groups excluding carboxylic acids is 1. The van der Waals surface area contributed by atoms with E-state index in [0.29, 0.717) is 10.7 Å². The van der Waals surface area contributed by atoms with Crippen molar-refractivity contribution in [2.75, 3.05) is 16.4 Å². The van der Waals surface area contributed by atoms with Gasteiger partial charge in [-0.05, 0) is 29.8 Å². The summed E-state index contributed by atoms with van der Waals surface area (Å²) in [6, 6.07) is 14.9. The number of carbonyl (C=O) groups is 1. The smallest absolute Gasteiger partial charge is 0.252 e. The number of aliphatic imine (C=N–C) groups is 1. The molecule has 0 radical (unpaired) electrons. The predicted octanol–water partition coefficient (Wildman–Crippen LogP) is 2.67. The van der Waals surface area contributed by atoms with E-state index in [-0.39, 0.29) is 40.9 Å². The minimum Gasteiger partial charge on any atom is -0.316 e. The van der Waals surface area contributed by atoms with Gasteiger partial charge in [-0.2, -0.15) is 4.99 Å². The maximum atomic E-state index is 13.0. The molecule has 2 aliphatic rings. The average molecular weight is 404 g/mol. The van der Waals surface area contributed by atoms with Crippen LogP contribution in [0.25, 0.3) is 0 Å². The molecular weight excluding hydrogens is 387 g/mol. The number of amides is 1. The van der Waals surface area contributed by atoms with Crippen molar-refractivity contribution in [1.82, 2.24) is 0 Å². The normalized spacial score (nSPS) is 24.9. The molecule has 0 spiro atoms. The van der Waals surface area contributed by atoms with Crippen molar-refractivity contribution in [1.29, 1.82) is 0 Å². The average Bonchev–Trinajstić information content (AvgIpc) is 3.08. The number of rotatable bonds is 3. The number of hydrogen-bond donors (Lipinski definition) is 0. The number of hydrogen-bond acceptors (Lipinski definition) is 4. The van der Waals surface area contributed by atoms with E-state index < -0.39 is 9.84 Å². The van der Waals surface area contributed by atoms with Crippen molar-refractivity contribution in [3.05, 3.63) is 66.0 Å². The van der Waals surface area contributed by atoms with Crippen LogP contribution in [0.15, 0.2) is 59.6 Å². The van der Waals surface area contributed by atoms with Gasteiger partial charge in [-0.3, -0.25) is 4.79 Å². The first-order chi connectivity index (χ1) is 12.9. The van der Waals surface area contributed by atoms with E-state index in [1.165, 1.54) is 23.9 Å². The number of sulfone groups is 1. The minimum absolute atomic E-state index is 0.0603. The molecule has 2 heterocycles. The van der Waals surface area contributed by atoms with Crippen molar-refractivity contribution in [2.24, 2.45) is 4.99 Å². The van der Waals surface area contributed by atoms with E-state index in [0.717, 1.165) is 5.69 Å². The summed E-state index contributed by atoms with van der Waals surface area (Å²) in [5.74, 6) is -0.539. The van der Waals surface area contributed by atoms with Crippen LogP contribution in [0.2, 0.25) is 0 Å². The Labute approximate surface area is 161 Å². The number of anilines is 1. The lowest BCUT2D eigenvalue weighted by Crippen LogP contribution is -2.37. The number of halogens is 1. The molecule has 1 amide bonds. The molecule has 0 unspecified atom stereocenters. The van der Waals surface area contributed by atoms with Crippen molar-refractivity contribution in [2.45, 2.75) is 17.7 Å². The van der Waals surface area contributed by atoms with Gasteiger partial charge in [0, 0.05) is 10.9 Å². The lowest BCUT2D eigenvalue weighted by atomic mass is 10.1. The van der Waals surface area contributed by atoms with Gasteiger partial charge in [-0.1, -0.05) is 42.1 Å². The highest BCUT2D eigenvalue weighted by Crippen LogP contribution is 2.40. The fourth-order valence-electron chi connectivity index (χ4n) is 3.38. The standard InChI is InChI=1S/C19H17FN2O3S2/c20-14-8-6-13(7-9-14)10-18(23)21-19-22(15-4-2-1-3-5-15)16-11-27(24,25)12-17(16)26-19/h1-9,16-17H,10-12H2/t16-,17+/m0/s1. The Hall–Kier alpha value is -2.19. The highest BCUT2D eigenvalue weighted by molar-refractivity contribution is 8.16. The van der Waals surface area contributed by atoms with Gasteiger partial charge in [-0.15, -0.1) is 0 Å². The van der Waals surface area contributed by atoms with Crippen molar-refractivity contribution in [3.8, 4) is 0 Å². The lowest BCUT2D eigenvalue weighted by Gasteiger charge is -2.24. The van der Waals surface area contributed by atoms with Gasteiger partial charge in [0.25, 0.3) is 5.91 Å². The Morgan fingerprint density at radius 3 is 2.52 bits per heavy atom. The zero-order valence-corrected chi connectivity index (χ0v) is 15.9. The zero-order chi connectivity index (χ0) is 19.0. The lowest BCUT2D eigenvalue weighted by molar-refractivity contribution is -0.117. The Balaban J connectivity index is 1.61. The molecule has 2 aromatic rings. The summed E-state index contributed by atoms with van der Waals surface area (Å²) in [5, 5.41) is 0.394. The van der Waals surface area contributed by atoms with Crippen LogP contribution in [0, 0.1) is 5.82 Å². The number of thioether (sulfide) groups is 1. The molecule has 2 aliphatic heterocycles. The van der Waals surface area contributed by atoms with Gasteiger partial charge in [-0.25, -0.2) is 12.8 Å². The summed E-state index contributed by atoms with van der Waals surface area (Å²) in [5.41, 5.74) is 1.51. The second kappa shape index (κ2) is 7.09. The third-order valence-corrected chi connectivity index (χ3v) is 7.80. The first kappa shape index (κ1) is 18.2. The Kier molecular flexibility index (Phi) is 4.77. The molecule has 0 aromatic heterocycles. The first-order valence-corrected chi connectivity index (χ1v) is 11.2. The number of benzene rings is 2. The SMILES string of the molecule is O=C(Cc1ccc(F)cc1)N=C1S[C@@H]2CS(=O)(=O)C[C@@H]2N1c1ccccc1. The minimum atomic E-state index is -3.09. The number of amidine groups is 1. The molecule has 140 valence electrons. The maximum absolute atomic E-state index is 13.0. The molecule has 2 saturated heterocycles. The Morgan fingerprint density at radius 2 is 1.81 bits per heavy atom. The first-order valence-electron chi connectivity index (χ1n) is 8.49. The van der Waals surface area contributed by atoms with E-state index in [1.807, 2.05) is 35.2 Å². The predicted molar refractivity (Wildman–Crippen MR) is 105 cm³/mol. The fourth-order valence-corrected chi connectivity index (χ4v) is 7.31. The summed E-state index contributed by atoms with van der Waals surface area (Å²) in [6.07, 6.45) is 0.0700. The van der Waals surface area contributed by atoms with Gasteiger partial charge in [0.2, 0.25) is 0 Å². The van der Waals surface area contributed by atoms with Gasteiger partial charge >= 0.3 is 0 Å². The third kappa shape index (κ3) is 3.91. The van der Waals surface area contributed by atoms with E-state index >= 15 is 0 Å². The van der Waals surface area contributed by atoms with Crippen LogP contribution in [-0.4, -0.2) is 42.3 Å². The van der Waals surface area contributed by atoms with Crippen LogP contribution in [0.4, 0.5) is 10.1 Å². The highest BCUT2D eigenvalue weighted by atomic mass is 32.2. The molecule has 2 atom stereocenters. The number of fused-ring (bicyclic) bond motifs is 1. The zero-order valence-electron chi connectivity index (χ0n) is 14.3. The van der Waals surface area contributed by atoms with Crippen LogP contribution in [0.5, 0.6) is 0 Å². The van der Waals surface area contributed by atoms with E-state index in [1.54, 1.807) is 12.1 Å². The van der Waals surface area contributed by atoms with Crippen LogP contribution < -0.4 is 4.90 Å². The summed E-state index contributed by atoms with van der Waals surface area (Å²) in [4.78, 5) is 18.6. The van der Waals surface area contributed by atoms with Gasteiger partial charge in [0.1, 0.15) is 5.82 Å². The van der Waals surface area contributed by atoms with E-state index in [9.17, 15) is 17.6 Å². The summed E-state index contributed by atoms with van der Waals surface area (Å²) >= 11 is 1.34. The molecule has 2 aromatic carbocycles.